The average Bonchev–Trinajstić information content (AvgIpc) is 3.68. The van der Waals surface area contributed by atoms with Gasteiger partial charge in [0, 0.05) is 12.8 Å². The second kappa shape index (κ2) is 79.8. The lowest BCUT2D eigenvalue weighted by Crippen LogP contribution is -2.45. The van der Waals surface area contributed by atoms with E-state index >= 15 is 0 Å². The van der Waals surface area contributed by atoms with Gasteiger partial charge in [0.1, 0.15) is 0 Å². The Balaban J connectivity index is 3.33. The Labute approximate surface area is 564 Å². The van der Waals surface area contributed by atoms with Gasteiger partial charge in [-0.3, -0.25) is 9.59 Å². The molecule has 3 N–H and O–H groups in total. The molecule has 0 spiro atoms. The number of aliphatic hydroxyl groups is 2. The van der Waals surface area contributed by atoms with Gasteiger partial charge in [0.15, 0.2) is 0 Å². The summed E-state index contributed by atoms with van der Waals surface area (Å²) in [7, 11) is 0. The van der Waals surface area contributed by atoms with Crippen LogP contribution in [-0.4, -0.2) is 47.4 Å². The molecule has 0 saturated carbocycles. The lowest BCUT2D eigenvalue weighted by atomic mass is 10.0. The Bertz CT molecular complexity index is 1410. The highest BCUT2D eigenvalue weighted by Gasteiger charge is 2.20. The summed E-state index contributed by atoms with van der Waals surface area (Å²) in [6, 6.07) is -0.539. The largest absolute Gasteiger partial charge is 0.466 e. The number of carbonyl (C=O) groups excluding carboxylic acids is 2. The van der Waals surface area contributed by atoms with E-state index in [9.17, 15) is 19.8 Å². The quantitative estimate of drug-likeness (QED) is 0.0320. The van der Waals surface area contributed by atoms with Crippen molar-refractivity contribution >= 4 is 11.9 Å². The Morgan fingerprint density at radius 3 is 0.789 bits per heavy atom. The fraction of sp³-hybridized carbons (Fsp3) is 0.929. The second-order valence-corrected chi connectivity index (χ2v) is 28.8. The molecule has 0 radical (unpaired) electrons. The third-order valence-electron chi connectivity index (χ3n) is 19.7. The van der Waals surface area contributed by atoms with Crippen molar-refractivity contribution in [1.82, 2.24) is 5.32 Å². The molecule has 0 rings (SSSR count). The molecule has 0 aliphatic rings. The molecule has 0 aromatic heterocycles. The summed E-state index contributed by atoms with van der Waals surface area (Å²) in [6.45, 7) is 5.00. The second-order valence-electron chi connectivity index (χ2n) is 28.8. The predicted octanol–water partition coefficient (Wildman–Crippen LogP) is 27.6. The van der Waals surface area contributed by atoms with Crippen LogP contribution in [0.3, 0.4) is 0 Å². The Morgan fingerprint density at radius 1 is 0.300 bits per heavy atom. The summed E-state index contributed by atoms with van der Waals surface area (Å²) < 4.78 is 5.50. The molecular weight excluding hydrogens is 1100 g/mol. The smallest absolute Gasteiger partial charge is 0.305 e. The van der Waals surface area contributed by atoms with Crippen LogP contribution < -0.4 is 5.32 Å². The van der Waals surface area contributed by atoms with E-state index in [1.54, 1.807) is 0 Å². The number of ether oxygens (including phenoxy) is 1. The molecule has 1 amide bonds. The molecule has 0 aromatic carbocycles. The van der Waals surface area contributed by atoms with Crippen LogP contribution in [0.4, 0.5) is 0 Å². The van der Waals surface area contributed by atoms with Gasteiger partial charge in [-0.15, -0.1) is 0 Å². The highest BCUT2D eigenvalue weighted by Crippen LogP contribution is 2.20. The van der Waals surface area contributed by atoms with Crippen LogP contribution in [0.2, 0.25) is 0 Å². The number of allylic oxidation sites excluding steroid dienone is 4. The van der Waals surface area contributed by atoms with Crippen molar-refractivity contribution in [2.75, 3.05) is 13.2 Å². The van der Waals surface area contributed by atoms with Crippen LogP contribution in [0.15, 0.2) is 24.3 Å². The SMILES string of the molecule is CCCCCCCC/C=C\CCCCCCCC(=O)OCCCCCCCCCCCCCCCCCC/C=C\CCCCCCCCCCCCCCCCCCCC(=O)NC(CO)C(O)CCCCCCCCCCCCCCCCCCCCCCC. The minimum absolute atomic E-state index is 0.0145. The van der Waals surface area contributed by atoms with Gasteiger partial charge >= 0.3 is 5.97 Å². The molecule has 0 fully saturated rings. The van der Waals surface area contributed by atoms with Crippen molar-refractivity contribution in [3.63, 3.8) is 0 Å². The minimum Gasteiger partial charge on any atom is -0.466 e. The molecule has 534 valence electrons. The number of carbonyl (C=O) groups is 2. The van der Waals surface area contributed by atoms with Gasteiger partial charge in [0.25, 0.3) is 0 Å². The first-order chi connectivity index (χ1) is 44.5. The van der Waals surface area contributed by atoms with E-state index in [-0.39, 0.29) is 18.5 Å². The summed E-state index contributed by atoms with van der Waals surface area (Å²) in [5, 5.41) is 23.5. The number of rotatable bonds is 79. The van der Waals surface area contributed by atoms with Crippen LogP contribution in [-0.2, 0) is 14.3 Å². The Hall–Kier alpha value is -1.66. The van der Waals surface area contributed by atoms with Crippen molar-refractivity contribution < 1.29 is 24.5 Å². The van der Waals surface area contributed by atoms with Crippen molar-refractivity contribution in [2.24, 2.45) is 0 Å². The van der Waals surface area contributed by atoms with Gasteiger partial charge in [-0.1, -0.05) is 411 Å². The maximum atomic E-state index is 12.6. The summed E-state index contributed by atoms with van der Waals surface area (Å²) in [6.07, 6.45) is 103. The third kappa shape index (κ3) is 75.4. The van der Waals surface area contributed by atoms with Gasteiger partial charge in [0.2, 0.25) is 5.91 Å². The van der Waals surface area contributed by atoms with Crippen LogP contribution in [0.5, 0.6) is 0 Å². The summed E-state index contributed by atoms with van der Waals surface area (Å²) in [5.74, 6) is -0.0109. The predicted molar refractivity (Wildman–Crippen MR) is 398 cm³/mol. The molecule has 2 atom stereocenters. The topological polar surface area (TPSA) is 95.9 Å². The van der Waals surface area contributed by atoms with E-state index in [2.05, 4.69) is 43.5 Å². The molecule has 0 aliphatic heterocycles. The number of aliphatic hydroxyl groups excluding tert-OH is 2. The summed E-state index contributed by atoms with van der Waals surface area (Å²) in [4.78, 5) is 24.7. The van der Waals surface area contributed by atoms with E-state index in [0.29, 0.717) is 25.9 Å². The molecule has 0 aromatic rings. The monoisotopic (exact) mass is 1270 g/mol. The number of nitrogens with one attached hydrogen (secondary N) is 1. The van der Waals surface area contributed by atoms with Gasteiger partial charge < -0.3 is 20.3 Å². The van der Waals surface area contributed by atoms with E-state index in [1.165, 1.54) is 398 Å². The van der Waals surface area contributed by atoms with Crippen LogP contribution >= 0.6 is 0 Å². The Kier molecular flexibility index (Phi) is 78.3. The first-order valence-electron chi connectivity index (χ1n) is 41.6. The number of hydrogen-bond donors (Lipinski definition) is 3. The minimum atomic E-state index is -0.662. The number of esters is 1. The molecule has 0 bridgehead atoms. The standard InChI is InChI=1S/C84H163NO5/c1-3-5-7-9-11-13-15-17-19-20-21-39-42-45-49-52-56-60-64-68-72-76-82(87)81(80-86)85-83(88)77-73-69-65-61-57-53-50-46-43-40-37-35-33-31-29-27-25-23-22-24-26-28-30-32-34-36-38-41-44-47-51-55-59-63-67-71-75-79-90-84(89)78-74-70-66-62-58-54-48-18-16-14-12-10-8-6-4-2/h18,22,24,48,81-82,86-87H,3-17,19-21,23,25-47,49-80H2,1-2H3,(H,85,88)/b24-22-,48-18-. The summed E-state index contributed by atoms with van der Waals surface area (Å²) >= 11 is 0. The normalized spacial score (nSPS) is 12.5. The highest BCUT2D eigenvalue weighted by molar-refractivity contribution is 5.76. The fourth-order valence-corrected chi connectivity index (χ4v) is 13.4. The zero-order chi connectivity index (χ0) is 64.9. The zero-order valence-corrected chi connectivity index (χ0v) is 61.4. The van der Waals surface area contributed by atoms with E-state index in [4.69, 9.17) is 4.74 Å². The lowest BCUT2D eigenvalue weighted by Gasteiger charge is -2.22. The van der Waals surface area contributed by atoms with Crippen molar-refractivity contribution in [2.45, 2.75) is 488 Å². The van der Waals surface area contributed by atoms with E-state index in [0.717, 1.165) is 44.9 Å². The van der Waals surface area contributed by atoms with Crippen molar-refractivity contribution in [3.8, 4) is 0 Å². The van der Waals surface area contributed by atoms with Gasteiger partial charge in [-0.2, -0.15) is 0 Å². The van der Waals surface area contributed by atoms with Crippen LogP contribution in [0, 0.1) is 0 Å². The molecule has 6 heteroatoms. The zero-order valence-electron chi connectivity index (χ0n) is 61.4. The van der Waals surface area contributed by atoms with Crippen LogP contribution in [0.25, 0.3) is 0 Å². The summed E-state index contributed by atoms with van der Waals surface area (Å²) in [5.41, 5.74) is 0. The number of hydrogen-bond acceptors (Lipinski definition) is 5. The van der Waals surface area contributed by atoms with Crippen molar-refractivity contribution in [1.29, 1.82) is 0 Å². The lowest BCUT2D eigenvalue weighted by molar-refractivity contribution is -0.143. The first-order valence-corrected chi connectivity index (χ1v) is 41.6. The first kappa shape index (κ1) is 88.3. The highest BCUT2D eigenvalue weighted by atomic mass is 16.5. The van der Waals surface area contributed by atoms with E-state index < -0.39 is 12.1 Å². The van der Waals surface area contributed by atoms with Gasteiger partial charge in [0.05, 0.1) is 25.4 Å². The Morgan fingerprint density at radius 2 is 0.522 bits per heavy atom. The maximum absolute atomic E-state index is 12.6. The van der Waals surface area contributed by atoms with Gasteiger partial charge in [-0.25, -0.2) is 0 Å². The average molecular weight is 1270 g/mol. The fourth-order valence-electron chi connectivity index (χ4n) is 13.4. The molecule has 6 nitrogen and oxygen atoms in total. The number of amides is 1. The maximum Gasteiger partial charge on any atom is 0.305 e. The molecule has 90 heavy (non-hydrogen) atoms. The van der Waals surface area contributed by atoms with Crippen LogP contribution in [0.1, 0.15) is 476 Å². The van der Waals surface area contributed by atoms with Gasteiger partial charge in [-0.05, 0) is 77.0 Å². The third-order valence-corrected chi connectivity index (χ3v) is 19.7. The molecule has 0 aliphatic carbocycles. The molecular formula is C84H163NO5. The van der Waals surface area contributed by atoms with Crippen molar-refractivity contribution in [3.05, 3.63) is 24.3 Å². The number of unbranched alkanes of at least 4 members (excludes halogenated alkanes) is 64. The molecule has 0 saturated heterocycles. The molecule has 0 heterocycles. The molecule has 2 unspecified atom stereocenters. The van der Waals surface area contributed by atoms with E-state index in [1.807, 2.05) is 0 Å².